The van der Waals surface area contributed by atoms with Crippen LogP contribution in [0.5, 0.6) is 0 Å². The Labute approximate surface area is 147 Å². The molecule has 0 spiro atoms. The lowest BCUT2D eigenvalue weighted by molar-refractivity contribution is 0.627. The average molecular weight is 336 g/mol. The van der Waals surface area contributed by atoms with Crippen molar-refractivity contribution in [3.05, 3.63) is 83.4 Å². The molecule has 0 amide bonds. The van der Waals surface area contributed by atoms with Gasteiger partial charge in [0.1, 0.15) is 23.8 Å². The van der Waals surface area contributed by atoms with E-state index in [9.17, 15) is 4.39 Å². The van der Waals surface area contributed by atoms with E-state index in [1.807, 2.05) is 18.2 Å². The van der Waals surface area contributed by atoms with Crippen LogP contribution in [0, 0.1) is 12.7 Å². The van der Waals surface area contributed by atoms with E-state index in [4.69, 9.17) is 0 Å². The lowest BCUT2D eigenvalue weighted by Crippen LogP contribution is -2.08. The number of hydrogen-bond acceptors (Lipinski definition) is 4. The molecule has 1 aromatic heterocycles. The van der Waals surface area contributed by atoms with Gasteiger partial charge in [0.2, 0.25) is 0 Å². The summed E-state index contributed by atoms with van der Waals surface area (Å²) in [6.07, 6.45) is 2.34. The van der Waals surface area contributed by atoms with E-state index in [1.165, 1.54) is 23.3 Å². The molecule has 0 aliphatic carbocycles. The van der Waals surface area contributed by atoms with Crippen molar-refractivity contribution >= 4 is 11.6 Å². The molecule has 0 atom stereocenters. The molecule has 4 nitrogen and oxygen atoms in total. The quantitative estimate of drug-likeness (QED) is 0.679. The molecule has 3 rings (SSSR count). The first-order valence-corrected chi connectivity index (χ1v) is 8.29. The molecule has 2 N–H and O–H groups in total. The summed E-state index contributed by atoms with van der Waals surface area (Å²) < 4.78 is 12.9. The van der Waals surface area contributed by atoms with E-state index in [2.05, 4.69) is 39.7 Å². The van der Waals surface area contributed by atoms with Gasteiger partial charge in [-0.3, -0.25) is 0 Å². The number of hydrogen-bond donors (Lipinski definition) is 2. The second-order valence-electron chi connectivity index (χ2n) is 5.87. The van der Waals surface area contributed by atoms with Crippen molar-refractivity contribution in [2.75, 3.05) is 17.2 Å². The van der Waals surface area contributed by atoms with Crippen molar-refractivity contribution in [3.8, 4) is 0 Å². The zero-order chi connectivity index (χ0) is 17.5. The predicted molar refractivity (Wildman–Crippen MR) is 99.1 cm³/mol. The fourth-order valence-electron chi connectivity index (χ4n) is 2.53. The van der Waals surface area contributed by atoms with Crippen LogP contribution in [0.15, 0.2) is 60.9 Å². The normalized spacial score (nSPS) is 10.5. The Kier molecular flexibility index (Phi) is 5.57. The van der Waals surface area contributed by atoms with Crippen LogP contribution < -0.4 is 10.6 Å². The molecule has 2 aromatic carbocycles. The van der Waals surface area contributed by atoms with Crippen LogP contribution in [-0.2, 0) is 13.0 Å². The molecule has 0 saturated heterocycles. The van der Waals surface area contributed by atoms with Crippen molar-refractivity contribution in [1.82, 2.24) is 9.97 Å². The maximum absolute atomic E-state index is 12.9. The fourth-order valence-corrected chi connectivity index (χ4v) is 2.53. The topological polar surface area (TPSA) is 49.8 Å². The van der Waals surface area contributed by atoms with Crippen LogP contribution in [0.2, 0.25) is 0 Å². The van der Waals surface area contributed by atoms with E-state index in [-0.39, 0.29) is 5.82 Å². The lowest BCUT2D eigenvalue weighted by atomic mass is 10.1. The molecule has 5 heteroatoms. The molecule has 0 radical (unpaired) electrons. The molecule has 0 aliphatic rings. The zero-order valence-corrected chi connectivity index (χ0v) is 14.2. The first-order chi connectivity index (χ1) is 12.2. The zero-order valence-electron chi connectivity index (χ0n) is 14.2. The summed E-state index contributed by atoms with van der Waals surface area (Å²) in [4.78, 5) is 8.49. The van der Waals surface area contributed by atoms with E-state index in [0.29, 0.717) is 0 Å². The molecule has 25 heavy (non-hydrogen) atoms. The number of aromatic nitrogens is 2. The largest absolute Gasteiger partial charge is 0.370 e. The summed E-state index contributed by atoms with van der Waals surface area (Å²) in [5.41, 5.74) is 3.58. The predicted octanol–water partition coefficient (Wildman–Crippen LogP) is 4.19. The van der Waals surface area contributed by atoms with Crippen LogP contribution in [0.4, 0.5) is 16.0 Å². The van der Waals surface area contributed by atoms with Gasteiger partial charge in [0, 0.05) is 19.2 Å². The monoisotopic (exact) mass is 336 g/mol. The highest BCUT2D eigenvalue weighted by Gasteiger charge is 2.01. The summed E-state index contributed by atoms with van der Waals surface area (Å²) in [7, 11) is 0. The van der Waals surface area contributed by atoms with Crippen LogP contribution in [-0.4, -0.2) is 16.5 Å². The van der Waals surface area contributed by atoms with Crippen LogP contribution in [0.25, 0.3) is 0 Å². The van der Waals surface area contributed by atoms with E-state index in [0.717, 1.165) is 36.7 Å². The minimum absolute atomic E-state index is 0.211. The Morgan fingerprint density at radius 3 is 2.40 bits per heavy atom. The summed E-state index contributed by atoms with van der Waals surface area (Å²) in [6, 6.07) is 16.7. The fraction of sp³-hybridized carbons (Fsp3) is 0.200. The Morgan fingerprint density at radius 2 is 1.64 bits per heavy atom. The first kappa shape index (κ1) is 16.9. The van der Waals surface area contributed by atoms with Crippen molar-refractivity contribution < 1.29 is 4.39 Å². The molecule has 128 valence electrons. The molecular weight excluding hydrogens is 315 g/mol. The van der Waals surface area contributed by atoms with E-state index >= 15 is 0 Å². The van der Waals surface area contributed by atoms with E-state index < -0.39 is 0 Å². The third-order valence-electron chi connectivity index (χ3n) is 4.02. The smallest absolute Gasteiger partial charge is 0.131 e. The van der Waals surface area contributed by atoms with Gasteiger partial charge in [-0.05, 0) is 42.2 Å². The van der Waals surface area contributed by atoms with Crippen molar-refractivity contribution in [2.24, 2.45) is 0 Å². The highest BCUT2D eigenvalue weighted by Crippen LogP contribution is 2.13. The third kappa shape index (κ3) is 5.01. The molecule has 1 heterocycles. The molecule has 0 unspecified atom stereocenters. The minimum atomic E-state index is -0.211. The van der Waals surface area contributed by atoms with Gasteiger partial charge in [-0.2, -0.15) is 0 Å². The van der Waals surface area contributed by atoms with Gasteiger partial charge in [0.25, 0.3) is 0 Å². The average Bonchev–Trinajstić information content (AvgIpc) is 2.63. The molecule has 0 bridgehead atoms. The second-order valence-corrected chi connectivity index (χ2v) is 5.87. The summed E-state index contributed by atoms with van der Waals surface area (Å²) in [5.74, 6) is 1.34. The molecule has 3 aromatic rings. The standard InChI is InChI=1S/C20H21FN4/c1-15-4-2-3-5-17(15)13-23-20-12-19(24-14-25-20)22-11-10-16-6-8-18(21)9-7-16/h2-9,12,14H,10-11,13H2,1H3,(H2,22,23,24,25). The number of nitrogens with one attached hydrogen (secondary N) is 2. The molecular formula is C20H21FN4. The number of aryl methyl sites for hydroxylation is 1. The van der Waals surface area contributed by atoms with Gasteiger partial charge in [-0.25, -0.2) is 14.4 Å². The highest BCUT2D eigenvalue weighted by atomic mass is 19.1. The Hall–Kier alpha value is -2.95. The van der Waals surface area contributed by atoms with Gasteiger partial charge in [-0.1, -0.05) is 36.4 Å². The van der Waals surface area contributed by atoms with Gasteiger partial charge in [0.15, 0.2) is 0 Å². The van der Waals surface area contributed by atoms with Crippen molar-refractivity contribution in [2.45, 2.75) is 19.9 Å². The number of rotatable bonds is 7. The maximum Gasteiger partial charge on any atom is 0.131 e. The third-order valence-corrected chi connectivity index (χ3v) is 4.02. The Bertz CT molecular complexity index is 818. The number of anilines is 2. The van der Waals surface area contributed by atoms with Crippen LogP contribution in [0.3, 0.4) is 0 Å². The Balaban J connectivity index is 1.52. The number of halogens is 1. The Morgan fingerprint density at radius 1 is 0.920 bits per heavy atom. The molecule has 0 aliphatic heterocycles. The maximum atomic E-state index is 12.9. The first-order valence-electron chi connectivity index (χ1n) is 8.29. The molecule has 0 saturated carbocycles. The summed E-state index contributed by atoms with van der Waals surface area (Å²) in [5, 5.41) is 6.60. The number of nitrogens with zero attached hydrogens (tertiary/aromatic N) is 2. The summed E-state index contributed by atoms with van der Waals surface area (Å²) >= 11 is 0. The number of benzene rings is 2. The van der Waals surface area contributed by atoms with Crippen molar-refractivity contribution in [3.63, 3.8) is 0 Å². The second kappa shape index (κ2) is 8.24. The van der Waals surface area contributed by atoms with E-state index in [1.54, 1.807) is 18.5 Å². The SMILES string of the molecule is Cc1ccccc1CNc1cc(NCCc2ccc(F)cc2)ncn1. The van der Waals surface area contributed by atoms with Gasteiger partial charge >= 0.3 is 0 Å². The van der Waals surface area contributed by atoms with Gasteiger partial charge in [0.05, 0.1) is 0 Å². The lowest BCUT2D eigenvalue weighted by Gasteiger charge is -2.10. The van der Waals surface area contributed by atoms with Crippen LogP contribution in [0.1, 0.15) is 16.7 Å². The highest BCUT2D eigenvalue weighted by molar-refractivity contribution is 5.47. The van der Waals surface area contributed by atoms with Gasteiger partial charge < -0.3 is 10.6 Å². The molecule has 0 fully saturated rings. The van der Waals surface area contributed by atoms with Crippen molar-refractivity contribution in [1.29, 1.82) is 0 Å². The van der Waals surface area contributed by atoms with Crippen LogP contribution >= 0.6 is 0 Å². The van der Waals surface area contributed by atoms with Gasteiger partial charge in [-0.15, -0.1) is 0 Å². The summed E-state index contributed by atoms with van der Waals surface area (Å²) in [6.45, 7) is 3.54. The minimum Gasteiger partial charge on any atom is -0.370 e.